The van der Waals surface area contributed by atoms with Crippen molar-refractivity contribution in [2.45, 2.75) is 13.0 Å². The van der Waals surface area contributed by atoms with Crippen molar-refractivity contribution >= 4 is 11.5 Å². The third kappa shape index (κ3) is 2.14. The predicted molar refractivity (Wildman–Crippen MR) is 65.7 cm³/mol. The minimum absolute atomic E-state index is 0.860. The first-order valence-corrected chi connectivity index (χ1v) is 6.20. The SMILES string of the molecule is c1coc(CCn2ccnc2-c2cnsc2)c1. The van der Waals surface area contributed by atoms with Crippen LogP contribution in [0.25, 0.3) is 11.4 Å². The van der Waals surface area contributed by atoms with Crippen molar-refractivity contribution in [1.82, 2.24) is 13.9 Å². The first kappa shape index (κ1) is 10.3. The summed E-state index contributed by atoms with van der Waals surface area (Å²) in [5.41, 5.74) is 1.07. The maximum Gasteiger partial charge on any atom is 0.142 e. The normalized spacial score (nSPS) is 10.8. The average molecular weight is 245 g/mol. The highest BCUT2D eigenvalue weighted by Crippen LogP contribution is 2.18. The molecule has 3 aromatic rings. The summed E-state index contributed by atoms with van der Waals surface area (Å²) >= 11 is 1.44. The molecule has 0 aliphatic carbocycles. The number of hydrogen-bond acceptors (Lipinski definition) is 4. The minimum atomic E-state index is 0.860. The standard InChI is InChI=1S/C12H11N3OS/c1-2-11(16-7-1)3-5-15-6-4-13-12(15)10-8-14-17-9-10/h1-2,4,6-9H,3,5H2. The van der Waals surface area contributed by atoms with E-state index in [1.165, 1.54) is 11.5 Å². The molecule has 0 saturated heterocycles. The third-order valence-corrected chi connectivity index (χ3v) is 3.17. The third-order valence-electron chi connectivity index (χ3n) is 2.59. The van der Waals surface area contributed by atoms with Gasteiger partial charge >= 0.3 is 0 Å². The lowest BCUT2D eigenvalue weighted by molar-refractivity contribution is 0.492. The van der Waals surface area contributed by atoms with E-state index in [0.29, 0.717) is 0 Å². The van der Waals surface area contributed by atoms with Crippen LogP contribution in [0.5, 0.6) is 0 Å². The van der Waals surface area contributed by atoms with Gasteiger partial charge in [-0.2, -0.15) is 0 Å². The Bertz CT molecular complexity index is 569. The van der Waals surface area contributed by atoms with Gasteiger partial charge in [-0.15, -0.1) is 0 Å². The molecule has 0 aliphatic rings. The Morgan fingerprint density at radius 1 is 1.41 bits per heavy atom. The van der Waals surface area contributed by atoms with E-state index in [2.05, 4.69) is 13.9 Å². The van der Waals surface area contributed by atoms with Gasteiger partial charge in [0.15, 0.2) is 0 Å². The molecule has 3 heterocycles. The first-order valence-electron chi connectivity index (χ1n) is 5.37. The maximum absolute atomic E-state index is 5.32. The van der Waals surface area contributed by atoms with Crippen LogP contribution in [0.4, 0.5) is 0 Å². The number of aryl methyl sites for hydroxylation is 2. The molecular formula is C12H11N3OS. The molecule has 4 nitrogen and oxygen atoms in total. The Balaban J connectivity index is 1.78. The molecule has 0 unspecified atom stereocenters. The number of nitrogens with zero attached hydrogens (tertiary/aromatic N) is 3. The van der Waals surface area contributed by atoms with E-state index in [1.807, 2.05) is 36.1 Å². The van der Waals surface area contributed by atoms with Crippen molar-refractivity contribution in [3.8, 4) is 11.4 Å². The highest BCUT2D eigenvalue weighted by atomic mass is 32.1. The van der Waals surface area contributed by atoms with Crippen LogP contribution in [-0.2, 0) is 13.0 Å². The molecule has 3 rings (SSSR count). The summed E-state index contributed by atoms with van der Waals surface area (Å²) in [4.78, 5) is 4.36. The summed E-state index contributed by atoms with van der Waals surface area (Å²) in [5.74, 6) is 1.96. The summed E-state index contributed by atoms with van der Waals surface area (Å²) in [7, 11) is 0. The van der Waals surface area contributed by atoms with Gasteiger partial charge in [0.2, 0.25) is 0 Å². The molecule has 0 fully saturated rings. The highest BCUT2D eigenvalue weighted by molar-refractivity contribution is 7.03. The molecule has 0 amide bonds. The Morgan fingerprint density at radius 3 is 3.18 bits per heavy atom. The number of hydrogen-bond donors (Lipinski definition) is 0. The lowest BCUT2D eigenvalue weighted by Crippen LogP contribution is -2.01. The number of imidazole rings is 1. The van der Waals surface area contributed by atoms with Gasteiger partial charge < -0.3 is 8.98 Å². The number of aromatic nitrogens is 3. The monoisotopic (exact) mass is 245 g/mol. The topological polar surface area (TPSA) is 43.9 Å². The molecule has 0 aromatic carbocycles. The van der Waals surface area contributed by atoms with Crippen LogP contribution in [0.2, 0.25) is 0 Å². The Labute approximate surface area is 103 Å². The fraction of sp³-hybridized carbons (Fsp3) is 0.167. The van der Waals surface area contributed by atoms with Gasteiger partial charge in [-0.1, -0.05) is 0 Å². The van der Waals surface area contributed by atoms with Crippen molar-refractivity contribution in [1.29, 1.82) is 0 Å². The molecule has 0 aliphatic heterocycles. The van der Waals surface area contributed by atoms with Crippen LogP contribution in [-0.4, -0.2) is 13.9 Å². The number of rotatable bonds is 4. The summed E-state index contributed by atoms with van der Waals surface area (Å²) in [6.45, 7) is 0.860. The quantitative estimate of drug-likeness (QED) is 0.710. The smallest absolute Gasteiger partial charge is 0.142 e. The molecular weight excluding hydrogens is 234 g/mol. The van der Waals surface area contributed by atoms with Gasteiger partial charge in [0, 0.05) is 36.3 Å². The van der Waals surface area contributed by atoms with Crippen LogP contribution in [0.3, 0.4) is 0 Å². The zero-order chi connectivity index (χ0) is 11.5. The van der Waals surface area contributed by atoms with Gasteiger partial charge in [0.1, 0.15) is 11.6 Å². The predicted octanol–water partition coefficient (Wildman–Crippen LogP) is 2.84. The second-order valence-corrected chi connectivity index (χ2v) is 4.34. The lowest BCUT2D eigenvalue weighted by Gasteiger charge is -2.04. The van der Waals surface area contributed by atoms with Crippen LogP contribution in [0.1, 0.15) is 5.76 Å². The summed E-state index contributed by atoms with van der Waals surface area (Å²) in [5, 5.41) is 2.01. The van der Waals surface area contributed by atoms with E-state index in [0.717, 1.165) is 30.1 Å². The fourth-order valence-corrected chi connectivity index (χ4v) is 2.27. The molecule has 0 bridgehead atoms. The molecule has 0 spiro atoms. The molecule has 86 valence electrons. The van der Waals surface area contributed by atoms with E-state index in [9.17, 15) is 0 Å². The van der Waals surface area contributed by atoms with E-state index < -0.39 is 0 Å². The van der Waals surface area contributed by atoms with Crippen LogP contribution >= 0.6 is 11.5 Å². The van der Waals surface area contributed by atoms with Gasteiger partial charge in [0.05, 0.1) is 12.5 Å². The average Bonchev–Trinajstić information content (AvgIpc) is 3.09. The van der Waals surface area contributed by atoms with Crippen molar-refractivity contribution in [3.63, 3.8) is 0 Å². The largest absolute Gasteiger partial charge is 0.469 e. The van der Waals surface area contributed by atoms with Crippen molar-refractivity contribution < 1.29 is 4.42 Å². The second kappa shape index (κ2) is 4.55. The van der Waals surface area contributed by atoms with Crippen molar-refractivity contribution in [3.05, 3.63) is 48.1 Å². The van der Waals surface area contributed by atoms with E-state index >= 15 is 0 Å². The van der Waals surface area contributed by atoms with Gasteiger partial charge in [-0.3, -0.25) is 0 Å². The Kier molecular flexibility index (Phi) is 2.75. The van der Waals surface area contributed by atoms with Gasteiger partial charge in [-0.25, -0.2) is 9.36 Å². The second-order valence-electron chi connectivity index (χ2n) is 3.69. The van der Waals surface area contributed by atoms with Crippen molar-refractivity contribution in [2.24, 2.45) is 0 Å². The van der Waals surface area contributed by atoms with Gasteiger partial charge in [0.25, 0.3) is 0 Å². The fourth-order valence-electron chi connectivity index (χ4n) is 1.75. The molecule has 0 saturated carbocycles. The summed E-state index contributed by atoms with van der Waals surface area (Å²) < 4.78 is 11.5. The summed E-state index contributed by atoms with van der Waals surface area (Å²) in [6, 6.07) is 3.90. The maximum atomic E-state index is 5.32. The molecule has 5 heteroatoms. The Morgan fingerprint density at radius 2 is 2.41 bits per heavy atom. The lowest BCUT2D eigenvalue weighted by atomic mass is 10.3. The van der Waals surface area contributed by atoms with Crippen LogP contribution < -0.4 is 0 Å². The Hall–Kier alpha value is -1.88. The molecule has 0 atom stereocenters. The highest BCUT2D eigenvalue weighted by Gasteiger charge is 2.07. The van der Waals surface area contributed by atoms with E-state index in [4.69, 9.17) is 4.42 Å². The molecule has 3 aromatic heterocycles. The zero-order valence-corrected chi connectivity index (χ0v) is 9.93. The van der Waals surface area contributed by atoms with E-state index in [1.54, 1.807) is 6.26 Å². The summed E-state index contributed by atoms with van der Waals surface area (Å²) in [6.07, 6.45) is 8.21. The van der Waals surface area contributed by atoms with Crippen LogP contribution in [0, 0.1) is 0 Å². The minimum Gasteiger partial charge on any atom is -0.469 e. The van der Waals surface area contributed by atoms with Crippen LogP contribution in [0.15, 0.2) is 46.8 Å². The van der Waals surface area contributed by atoms with E-state index in [-0.39, 0.29) is 0 Å². The molecule has 0 N–H and O–H groups in total. The van der Waals surface area contributed by atoms with Crippen molar-refractivity contribution in [2.75, 3.05) is 0 Å². The number of furan rings is 1. The molecule has 17 heavy (non-hydrogen) atoms. The van der Waals surface area contributed by atoms with Gasteiger partial charge in [-0.05, 0) is 23.7 Å². The zero-order valence-electron chi connectivity index (χ0n) is 9.11. The molecule has 0 radical (unpaired) electrons. The first-order chi connectivity index (χ1) is 8.43.